The SMILES string of the molecule is CCOc1ccc(C2C(=C(O)c3ccc(OC)cc3)C(=O)C(=O)N2c2nc(C)c(C(=O)OC)s2)cc1OCC. The molecule has 3 aromatic rings. The first-order chi connectivity index (χ1) is 18.7. The number of aryl methyl sites for hydroxylation is 1. The highest BCUT2D eigenvalue weighted by Gasteiger charge is 2.48. The maximum Gasteiger partial charge on any atom is 0.350 e. The van der Waals surface area contributed by atoms with E-state index in [4.69, 9.17) is 18.9 Å². The Morgan fingerprint density at radius 2 is 1.69 bits per heavy atom. The maximum atomic E-state index is 13.5. The molecular formula is C28H28N2O8S. The van der Waals surface area contributed by atoms with E-state index < -0.39 is 23.7 Å². The lowest BCUT2D eigenvalue weighted by Gasteiger charge is -2.24. The number of nitrogens with zero attached hydrogens (tertiary/aromatic N) is 2. The van der Waals surface area contributed by atoms with Crippen molar-refractivity contribution in [3.05, 3.63) is 69.7 Å². The van der Waals surface area contributed by atoms with Crippen LogP contribution in [0.3, 0.4) is 0 Å². The summed E-state index contributed by atoms with van der Waals surface area (Å²) >= 11 is 0.924. The van der Waals surface area contributed by atoms with Gasteiger partial charge in [0.25, 0.3) is 5.78 Å². The second-order valence-corrected chi connectivity index (χ2v) is 9.35. The van der Waals surface area contributed by atoms with Gasteiger partial charge in [0, 0.05) is 5.56 Å². The number of methoxy groups -OCH3 is 2. The Balaban J connectivity index is 1.95. The van der Waals surface area contributed by atoms with Gasteiger partial charge >= 0.3 is 11.9 Å². The molecule has 11 heteroatoms. The van der Waals surface area contributed by atoms with Crippen molar-refractivity contribution >= 4 is 39.9 Å². The van der Waals surface area contributed by atoms with Crippen LogP contribution in [0.25, 0.3) is 5.76 Å². The number of benzene rings is 2. The zero-order valence-electron chi connectivity index (χ0n) is 22.1. The van der Waals surface area contributed by atoms with E-state index in [1.165, 1.54) is 19.1 Å². The first kappa shape index (κ1) is 27.6. The highest BCUT2D eigenvalue weighted by Crippen LogP contribution is 2.45. The summed E-state index contributed by atoms with van der Waals surface area (Å²) in [5, 5.41) is 11.5. The van der Waals surface area contributed by atoms with E-state index in [1.54, 1.807) is 49.4 Å². The van der Waals surface area contributed by atoms with Crippen LogP contribution < -0.4 is 19.1 Å². The Morgan fingerprint density at radius 1 is 1.03 bits per heavy atom. The van der Waals surface area contributed by atoms with E-state index in [0.29, 0.717) is 47.3 Å². The second kappa shape index (κ2) is 11.6. The molecule has 0 bridgehead atoms. The van der Waals surface area contributed by atoms with E-state index in [-0.39, 0.29) is 21.3 Å². The molecule has 1 unspecified atom stereocenters. The molecule has 0 saturated carbocycles. The van der Waals surface area contributed by atoms with Crippen LogP contribution in [-0.4, -0.2) is 55.2 Å². The molecule has 4 rings (SSSR count). The van der Waals surface area contributed by atoms with Crippen molar-refractivity contribution in [2.75, 3.05) is 32.3 Å². The van der Waals surface area contributed by atoms with Crippen LogP contribution in [-0.2, 0) is 14.3 Å². The second-order valence-electron chi connectivity index (χ2n) is 8.37. The van der Waals surface area contributed by atoms with Crippen molar-refractivity contribution in [2.24, 2.45) is 0 Å². The molecule has 2 heterocycles. The average Bonchev–Trinajstić information content (AvgIpc) is 3.45. The zero-order valence-corrected chi connectivity index (χ0v) is 23.0. The van der Waals surface area contributed by atoms with Crippen LogP contribution in [0, 0.1) is 6.92 Å². The fraction of sp³-hybridized carbons (Fsp3) is 0.286. The predicted molar refractivity (Wildman–Crippen MR) is 145 cm³/mol. The number of anilines is 1. The van der Waals surface area contributed by atoms with Crippen molar-refractivity contribution in [2.45, 2.75) is 26.8 Å². The molecule has 1 aliphatic rings. The number of amides is 1. The molecule has 204 valence electrons. The summed E-state index contributed by atoms with van der Waals surface area (Å²) in [5.74, 6) is -1.30. The molecule has 1 N–H and O–H groups in total. The van der Waals surface area contributed by atoms with Crippen molar-refractivity contribution < 1.29 is 38.4 Å². The fourth-order valence-corrected chi connectivity index (χ4v) is 5.27. The summed E-state index contributed by atoms with van der Waals surface area (Å²) in [6.07, 6.45) is 0. The van der Waals surface area contributed by atoms with E-state index in [9.17, 15) is 19.5 Å². The van der Waals surface area contributed by atoms with Crippen LogP contribution in [0.4, 0.5) is 5.13 Å². The Labute approximate surface area is 229 Å². The van der Waals surface area contributed by atoms with Crippen molar-refractivity contribution in [3.8, 4) is 17.2 Å². The molecule has 2 aromatic carbocycles. The number of hydrogen-bond acceptors (Lipinski definition) is 10. The average molecular weight is 553 g/mol. The lowest BCUT2D eigenvalue weighted by Crippen LogP contribution is -2.29. The molecule has 1 fully saturated rings. The molecule has 1 atom stereocenters. The quantitative estimate of drug-likeness (QED) is 0.174. The van der Waals surface area contributed by atoms with Crippen molar-refractivity contribution in [1.29, 1.82) is 0 Å². The van der Waals surface area contributed by atoms with E-state index >= 15 is 0 Å². The van der Waals surface area contributed by atoms with Gasteiger partial charge in [0.05, 0.1) is 44.7 Å². The summed E-state index contributed by atoms with van der Waals surface area (Å²) in [6.45, 7) is 6.04. The smallest absolute Gasteiger partial charge is 0.350 e. The van der Waals surface area contributed by atoms with Gasteiger partial charge in [-0.3, -0.25) is 14.5 Å². The van der Waals surface area contributed by atoms with E-state index in [0.717, 1.165) is 11.3 Å². The van der Waals surface area contributed by atoms with Gasteiger partial charge in [-0.25, -0.2) is 9.78 Å². The highest BCUT2D eigenvalue weighted by atomic mass is 32.1. The van der Waals surface area contributed by atoms with Crippen LogP contribution >= 0.6 is 11.3 Å². The first-order valence-electron chi connectivity index (χ1n) is 12.2. The fourth-order valence-electron chi connectivity index (χ4n) is 4.25. The number of esters is 1. The third-order valence-corrected chi connectivity index (χ3v) is 7.19. The Hall–Kier alpha value is -4.38. The topological polar surface area (TPSA) is 124 Å². The number of aliphatic hydroxyl groups excluding tert-OH is 1. The van der Waals surface area contributed by atoms with Crippen molar-refractivity contribution in [3.63, 3.8) is 0 Å². The summed E-state index contributed by atoms with van der Waals surface area (Å²) in [4.78, 5) is 45.0. The molecule has 0 spiro atoms. The van der Waals surface area contributed by atoms with Gasteiger partial charge in [0.2, 0.25) is 0 Å². The Morgan fingerprint density at radius 3 is 2.31 bits per heavy atom. The molecule has 1 saturated heterocycles. The van der Waals surface area contributed by atoms with Gasteiger partial charge in [0.1, 0.15) is 16.4 Å². The van der Waals surface area contributed by atoms with Gasteiger partial charge in [0.15, 0.2) is 16.6 Å². The normalized spacial score (nSPS) is 16.3. The molecule has 0 radical (unpaired) electrons. The minimum Gasteiger partial charge on any atom is -0.507 e. The summed E-state index contributed by atoms with van der Waals surface area (Å²) < 4.78 is 21.5. The summed E-state index contributed by atoms with van der Waals surface area (Å²) in [5.41, 5.74) is 1.01. The molecule has 1 amide bonds. The molecule has 1 aliphatic heterocycles. The number of Topliss-reactive ketones (excluding diaryl/α,β-unsaturated/α-hetero) is 1. The van der Waals surface area contributed by atoms with Gasteiger partial charge in [-0.05, 0) is 62.7 Å². The number of thiazole rings is 1. The van der Waals surface area contributed by atoms with E-state index in [2.05, 4.69) is 4.98 Å². The van der Waals surface area contributed by atoms with Gasteiger partial charge in [-0.15, -0.1) is 0 Å². The Bertz CT molecular complexity index is 1440. The van der Waals surface area contributed by atoms with Crippen LogP contribution in [0.15, 0.2) is 48.0 Å². The van der Waals surface area contributed by atoms with Crippen LogP contribution in [0.5, 0.6) is 17.2 Å². The van der Waals surface area contributed by atoms with E-state index in [1.807, 2.05) is 13.8 Å². The minimum atomic E-state index is -1.07. The number of ketones is 1. The largest absolute Gasteiger partial charge is 0.507 e. The van der Waals surface area contributed by atoms with Crippen LogP contribution in [0.1, 0.15) is 46.4 Å². The first-order valence-corrected chi connectivity index (χ1v) is 13.0. The summed E-state index contributed by atoms with van der Waals surface area (Å²) in [6, 6.07) is 10.4. The van der Waals surface area contributed by atoms with Gasteiger partial charge in [-0.2, -0.15) is 0 Å². The molecule has 1 aromatic heterocycles. The Kier molecular flexibility index (Phi) is 8.20. The molecule has 0 aliphatic carbocycles. The highest BCUT2D eigenvalue weighted by molar-refractivity contribution is 7.17. The number of hydrogen-bond donors (Lipinski definition) is 1. The minimum absolute atomic E-state index is 0.112. The standard InChI is InChI=1S/C28H28N2O8S/c1-6-37-19-13-10-17(14-20(19)38-7-2)22-21(23(31)16-8-11-18(35-4)12-9-16)24(32)26(33)30(22)28-29-15(3)25(39-28)27(34)36-5/h8-14,22,31H,6-7H2,1-5H3. The number of ether oxygens (including phenoxy) is 4. The predicted octanol–water partition coefficient (Wildman–Crippen LogP) is 4.67. The monoisotopic (exact) mass is 552 g/mol. The van der Waals surface area contributed by atoms with Gasteiger partial charge in [-0.1, -0.05) is 17.4 Å². The van der Waals surface area contributed by atoms with Gasteiger partial charge < -0.3 is 24.1 Å². The molecule has 39 heavy (non-hydrogen) atoms. The lowest BCUT2D eigenvalue weighted by molar-refractivity contribution is -0.132. The lowest BCUT2D eigenvalue weighted by atomic mass is 9.95. The summed E-state index contributed by atoms with van der Waals surface area (Å²) in [7, 11) is 2.76. The number of aromatic nitrogens is 1. The number of rotatable bonds is 9. The van der Waals surface area contributed by atoms with Crippen LogP contribution in [0.2, 0.25) is 0 Å². The third-order valence-electron chi connectivity index (χ3n) is 6.05. The molecule has 10 nitrogen and oxygen atoms in total. The zero-order chi connectivity index (χ0) is 28.3. The molecular weight excluding hydrogens is 524 g/mol. The number of carbonyl (C=O) groups is 3. The number of aliphatic hydroxyl groups is 1. The van der Waals surface area contributed by atoms with Crippen molar-refractivity contribution in [1.82, 2.24) is 4.98 Å². The third kappa shape index (κ3) is 5.17. The maximum absolute atomic E-state index is 13.5. The number of carbonyl (C=O) groups excluding carboxylic acids is 3.